The van der Waals surface area contributed by atoms with Crippen molar-refractivity contribution in [1.29, 1.82) is 0 Å². The van der Waals surface area contributed by atoms with E-state index in [1.807, 2.05) is 16.7 Å². The first-order chi connectivity index (χ1) is 10.9. The molecule has 4 rings (SSSR count). The van der Waals surface area contributed by atoms with Gasteiger partial charge in [-0.1, -0.05) is 12.1 Å². The van der Waals surface area contributed by atoms with Crippen LogP contribution in [-0.4, -0.2) is 45.7 Å². The van der Waals surface area contributed by atoms with Crippen LogP contribution in [0.15, 0.2) is 42.6 Å². The minimum absolute atomic E-state index is 0.833. The van der Waals surface area contributed by atoms with Gasteiger partial charge in [-0.15, -0.1) is 0 Å². The summed E-state index contributed by atoms with van der Waals surface area (Å²) in [6, 6.07) is 12.4. The van der Waals surface area contributed by atoms with Crippen molar-refractivity contribution >= 4 is 11.2 Å². The number of pyridine rings is 1. The molecule has 1 aromatic carbocycles. The van der Waals surface area contributed by atoms with Crippen LogP contribution in [0.5, 0.6) is 0 Å². The van der Waals surface area contributed by atoms with Gasteiger partial charge in [-0.05, 0) is 29.8 Å². The highest BCUT2D eigenvalue weighted by Crippen LogP contribution is 2.17. The van der Waals surface area contributed by atoms with Crippen molar-refractivity contribution in [2.24, 2.45) is 0 Å². The quantitative estimate of drug-likeness (QED) is 0.741. The van der Waals surface area contributed by atoms with Crippen LogP contribution < -0.4 is 0 Å². The number of imidazole rings is 1. The van der Waals surface area contributed by atoms with E-state index in [4.69, 9.17) is 4.74 Å². The van der Waals surface area contributed by atoms with Crippen molar-refractivity contribution in [3.63, 3.8) is 0 Å². The second-order valence-corrected chi connectivity index (χ2v) is 5.45. The van der Waals surface area contributed by atoms with Gasteiger partial charge in [0.1, 0.15) is 5.52 Å². The molecule has 0 atom stereocenters. The van der Waals surface area contributed by atoms with Gasteiger partial charge in [0.2, 0.25) is 0 Å². The number of rotatable bonds is 3. The average molecular weight is 293 g/mol. The average Bonchev–Trinajstić information content (AvgIpc) is 3.01. The lowest BCUT2D eigenvalue weighted by molar-refractivity contribution is 0.0342. The zero-order chi connectivity index (χ0) is 14.8. The number of hydrogen-bond acceptors (Lipinski definition) is 4. The van der Waals surface area contributed by atoms with Gasteiger partial charge >= 0.3 is 0 Å². The minimum atomic E-state index is 0.833. The van der Waals surface area contributed by atoms with Crippen LogP contribution in [0, 0.1) is 6.33 Å². The molecule has 0 N–H and O–H groups in total. The zero-order valence-electron chi connectivity index (χ0n) is 12.3. The van der Waals surface area contributed by atoms with Crippen LogP contribution in [0.4, 0.5) is 0 Å². The van der Waals surface area contributed by atoms with Crippen LogP contribution in [0.3, 0.4) is 0 Å². The van der Waals surface area contributed by atoms with Gasteiger partial charge in [0.05, 0.1) is 13.2 Å². The second kappa shape index (κ2) is 5.87. The van der Waals surface area contributed by atoms with E-state index in [2.05, 4.69) is 45.5 Å². The highest BCUT2D eigenvalue weighted by molar-refractivity contribution is 5.72. The smallest absolute Gasteiger partial charge is 0.183 e. The maximum absolute atomic E-state index is 5.38. The summed E-state index contributed by atoms with van der Waals surface area (Å²) >= 11 is 0. The third-order valence-corrected chi connectivity index (χ3v) is 3.95. The lowest BCUT2D eigenvalue weighted by Gasteiger charge is -2.26. The molecule has 3 aromatic rings. The van der Waals surface area contributed by atoms with E-state index in [9.17, 15) is 0 Å². The standard InChI is InChI=1S/C17H17N4O/c1-2-16-17(18-7-1)21(13-19-16)15-5-3-14(4-6-15)12-20-8-10-22-11-9-20/h1-7H,8-12H2. The molecule has 0 amide bonds. The fourth-order valence-electron chi connectivity index (χ4n) is 2.75. The Balaban J connectivity index is 1.56. The van der Waals surface area contributed by atoms with E-state index in [0.717, 1.165) is 49.7 Å². The molecule has 22 heavy (non-hydrogen) atoms. The molecular formula is C17H17N4O. The van der Waals surface area contributed by atoms with Crippen molar-refractivity contribution < 1.29 is 4.74 Å². The highest BCUT2D eigenvalue weighted by atomic mass is 16.5. The van der Waals surface area contributed by atoms with Crippen LogP contribution in [0.1, 0.15) is 5.56 Å². The lowest BCUT2D eigenvalue weighted by atomic mass is 10.2. The summed E-state index contributed by atoms with van der Waals surface area (Å²) in [5.74, 6) is 0. The first-order valence-corrected chi connectivity index (χ1v) is 7.51. The molecule has 5 heteroatoms. The van der Waals surface area contributed by atoms with E-state index < -0.39 is 0 Å². The molecule has 0 spiro atoms. The Labute approximate surface area is 129 Å². The summed E-state index contributed by atoms with van der Waals surface area (Å²) in [6.07, 6.45) is 4.79. The third kappa shape index (κ3) is 2.61. The summed E-state index contributed by atoms with van der Waals surface area (Å²) in [6.45, 7) is 4.65. The van der Waals surface area contributed by atoms with Gasteiger partial charge in [-0.3, -0.25) is 9.47 Å². The summed E-state index contributed by atoms with van der Waals surface area (Å²) in [4.78, 5) is 11.1. The van der Waals surface area contributed by atoms with Gasteiger partial charge in [0.25, 0.3) is 0 Å². The molecule has 1 fully saturated rings. The Bertz CT molecular complexity index is 760. The predicted octanol–water partition coefficient (Wildman–Crippen LogP) is 2.05. The van der Waals surface area contributed by atoms with Crippen molar-refractivity contribution in [1.82, 2.24) is 19.4 Å². The molecule has 3 heterocycles. The summed E-state index contributed by atoms with van der Waals surface area (Å²) in [5.41, 5.74) is 4.04. The van der Waals surface area contributed by atoms with Crippen LogP contribution in [0.25, 0.3) is 16.9 Å². The molecule has 0 unspecified atom stereocenters. The molecule has 5 nitrogen and oxygen atoms in total. The lowest BCUT2D eigenvalue weighted by Crippen LogP contribution is -2.35. The molecule has 1 aliphatic heterocycles. The van der Waals surface area contributed by atoms with E-state index in [1.165, 1.54) is 5.56 Å². The van der Waals surface area contributed by atoms with Gasteiger partial charge in [-0.2, -0.15) is 0 Å². The minimum Gasteiger partial charge on any atom is -0.379 e. The monoisotopic (exact) mass is 293 g/mol. The van der Waals surface area contributed by atoms with Crippen molar-refractivity contribution in [3.05, 3.63) is 54.5 Å². The topological polar surface area (TPSA) is 43.2 Å². The number of benzene rings is 1. The van der Waals surface area contributed by atoms with Crippen LogP contribution in [-0.2, 0) is 11.3 Å². The molecule has 111 valence electrons. The number of aromatic nitrogens is 3. The Kier molecular flexibility index (Phi) is 3.58. The van der Waals surface area contributed by atoms with E-state index in [0.29, 0.717) is 0 Å². The Morgan fingerprint density at radius 3 is 2.73 bits per heavy atom. The number of ether oxygens (including phenoxy) is 1. The first-order valence-electron chi connectivity index (χ1n) is 7.51. The number of nitrogens with zero attached hydrogens (tertiary/aromatic N) is 4. The van der Waals surface area contributed by atoms with Gasteiger partial charge in [0.15, 0.2) is 12.0 Å². The Morgan fingerprint density at radius 2 is 1.91 bits per heavy atom. The molecule has 1 aliphatic rings. The zero-order valence-corrected chi connectivity index (χ0v) is 12.3. The maximum Gasteiger partial charge on any atom is 0.183 e. The number of hydrogen-bond donors (Lipinski definition) is 0. The number of fused-ring (bicyclic) bond motifs is 1. The molecule has 0 bridgehead atoms. The maximum atomic E-state index is 5.38. The van der Waals surface area contributed by atoms with E-state index in [-0.39, 0.29) is 0 Å². The van der Waals surface area contributed by atoms with Gasteiger partial charge in [-0.25, -0.2) is 9.97 Å². The van der Waals surface area contributed by atoms with Crippen LogP contribution >= 0.6 is 0 Å². The summed E-state index contributed by atoms with van der Waals surface area (Å²) in [7, 11) is 0. The SMILES string of the molecule is [c]1nc2cccnc2n1-c1ccc(CN2CCOCC2)cc1. The molecule has 1 saturated heterocycles. The van der Waals surface area contributed by atoms with Crippen molar-refractivity contribution in [3.8, 4) is 5.69 Å². The van der Waals surface area contributed by atoms with Gasteiger partial charge in [0, 0.05) is 31.5 Å². The van der Waals surface area contributed by atoms with E-state index in [1.54, 1.807) is 6.20 Å². The van der Waals surface area contributed by atoms with Crippen molar-refractivity contribution in [2.45, 2.75) is 6.54 Å². The normalized spacial score (nSPS) is 16.2. The van der Waals surface area contributed by atoms with Crippen molar-refractivity contribution in [2.75, 3.05) is 26.3 Å². The largest absolute Gasteiger partial charge is 0.379 e. The first kappa shape index (κ1) is 13.4. The summed E-state index contributed by atoms with van der Waals surface area (Å²) in [5, 5.41) is 0. The Morgan fingerprint density at radius 1 is 1.09 bits per heavy atom. The molecule has 2 aromatic heterocycles. The van der Waals surface area contributed by atoms with Crippen LogP contribution in [0.2, 0.25) is 0 Å². The van der Waals surface area contributed by atoms with Gasteiger partial charge < -0.3 is 4.74 Å². The fraction of sp³-hybridized carbons (Fsp3) is 0.294. The third-order valence-electron chi connectivity index (χ3n) is 3.95. The summed E-state index contributed by atoms with van der Waals surface area (Å²) < 4.78 is 7.28. The molecular weight excluding hydrogens is 276 g/mol. The Hall–Kier alpha value is -2.24. The highest BCUT2D eigenvalue weighted by Gasteiger charge is 2.11. The molecule has 0 saturated carbocycles. The number of morpholine rings is 1. The second-order valence-electron chi connectivity index (χ2n) is 5.45. The molecule has 1 radical (unpaired) electrons. The van der Waals surface area contributed by atoms with E-state index >= 15 is 0 Å². The predicted molar refractivity (Wildman–Crippen MR) is 83.8 cm³/mol. The fourth-order valence-corrected chi connectivity index (χ4v) is 2.75. The molecule has 0 aliphatic carbocycles.